The molecule has 0 saturated carbocycles. The van der Waals surface area contributed by atoms with E-state index in [9.17, 15) is 19.8 Å². The molecule has 10 heteroatoms. The monoisotopic (exact) mass is 415 g/mol. The van der Waals surface area contributed by atoms with Crippen molar-refractivity contribution in [3.8, 4) is 0 Å². The maximum atomic E-state index is 12.4. The van der Waals surface area contributed by atoms with E-state index in [0.717, 1.165) is 17.9 Å². The summed E-state index contributed by atoms with van der Waals surface area (Å²) in [6.45, 7) is 4.92. The Morgan fingerprint density at radius 1 is 1.46 bits per heavy atom. The van der Waals surface area contributed by atoms with Crippen molar-refractivity contribution in [3.05, 3.63) is 10.8 Å². The summed E-state index contributed by atoms with van der Waals surface area (Å²) in [5.41, 5.74) is 0. The number of carbonyl (C=O) groups excluding carboxylic acids is 1. The van der Waals surface area contributed by atoms with Crippen molar-refractivity contribution in [3.63, 3.8) is 0 Å². The standard InChI is InChI=1S/C18H29N3O6S/c1-8-14-13(9(2)22)16(24)21(14)17(27-18(25)26)15(8)28-10-6-11(20-7-10)12(23)4-5-19-3/h8-14,19-20,22-23H,4-7H2,1-3H3,(H,25,26)/t8-,9-,10+,11+,12-,13-,14-/m1/s1. The lowest BCUT2D eigenvalue weighted by molar-refractivity contribution is -0.163. The molecule has 0 radical (unpaired) electrons. The van der Waals surface area contributed by atoms with E-state index in [2.05, 4.69) is 10.6 Å². The summed E-state index contributed by atoms with van der Waals surface area (Å²) in [5, 5.41) is 35.9. The number of nitrogens with zero attached hydrogens (tertiary/aromatic N) is 1. The number of rotatable bonds is 8. The zero-order chi connectivity index (χ0) is 20.6. The van der Waals surface area contributed by atoms with Crippen molar-refractivity contribution in [1.82, 2.24) is 15.5 Å². The number of β-lactam (4-membered cyclic amide) rings is 1. The number of ether oxygens (including phenoxy) is 1. The van der Waals surface area contributed by atoms with Gasteiger partial charge in [-0.1, -0.05) is 6.92 Å². The molecule has 7 atom stereocenters. The average molecular weight is 416 g/mol. The first-order valence-corrected chi connectivity index (χ1v) is 10.5. The number of hydrogen-bond donors (Lipinski definition) is 5. The van der Waals surface area contributed by atoms with Gasteiger partial charge in [-0.15, -0.1) is 11.8 Å². The zero-order valence-electron chi connectivity index (χ0n) is 16.3. The minimum absolute atomic E-state index is 0.0177. The second kappa shape index (κ2) is 8.58. The van der Waals surface area contributed by atoms with Gasteiger partial charge in [-0.05, 0) is 33.4 Å². The Kier molecular flexibility index (Phi) is 6.55. The molecule has 0 unspecified atom stereocenters. The van der Waals surface area contributed by atoms with Crippen LogP contribution in [0.2, 0.25) is 0 Å². The minimum atomic E-state index is -1.46. The van der Waals surface area contributed by atoms with Gasteiger partial charge in [-0.3, -0.25) is 9.69 Å². The Morgan fingerprint density at radius 3 is 2.79 bits per heavy atom. The Bertz CT molecular complexity index is 657. The number of hydrogen-bond acceptors (Lipinski definition) is 8. The van der Waals surface area contributed by atoms with Gasteiger partial charge in [0, 0.05) is 23.8 Å². The first-order chi connectivity index (χ1) is 13.3. The highest BCUT2D eigenvalue weighted by atomic mass is 32.2. The van der Waals surface area contributed by atoms with Gasteiger partial charge in [-0.25, -0.2) is 4.79 Å². The molecule has 3 rings (SSSR count). The van der Waals surface area contributed by atoms with Crippen LogP contribution in [0, 0.1) is 11.8 Å². The largest absolute Gasteiger partial charge is 0.512 e. The molecule has 0 bridgehead atoms. The number of carbonyl (C=O) groups is 2. The van der Waals surface area contributed by atoms with E-state index in [1.54, 1.807) is 6.92 Å². The first kappa shape index (κ1) is 21.4. The van der Waals surface area contributed by atoms with Crippen LogP contribution in [-0.2, 0) is 9.53 Å². The summed E-state index contributed by atoms with van der Waals surface area (Å²) < 4.78 is 4.99. The normalized spacial score (nSPS) is 34.2. The second-order valence-corrected chi connectivity index (χ2v) is 9.08. The molecular formula is C18H29N3O6S. The minimum Gasteiger partial charge on any atom is -0.449 e. The van der Waals surface area contributed by atoms with Gasteiger partial charge in [0.2, 0.25) is 11.8 Å². The van der Waals surface area contributed by atoms with Gasteiger partial charge in [0.1, 0.15) is 0 Å². The maximum absolute atomic E-state index is 12.4. The van der Waals surface area contributed by atoms with Crippen LogP contribution in [0.3, 0.4) is 0 Å². The first-order valence-electron chi connectivity index (χ1n) is 9.65. The number of carboxylic acid groups (broad SMARTS) is 1. The van der Waals surface area contributed by atoms with Crippen LogP contribution in [0.5, 0.6) is 0 Å². The summed E-state index contributed by atoms with van der Waals surface area (Å²) in [4.78, 5) is 25.7. The third-order valence-electron chi connectivity index (χ3n) is 5.82. The number of nitrogens with one attached hydrogen (secondary N) is 2. The van der Waals surface area contributed by atoms with E-state index in [1.807, 2.05) is 14.0 Å². The quantitative estimate of drug-likeness (QED) is 0.277. The van der Waals surface area contributed by atoms with Gasteiger partial charge in [-0.2, -0.15) is 0 Å². The Labute approximate surface area is 168 Å². The molecule has 3 heterocycles. The molecule has 0 aromatic rings. The molecule has 3 aliphatic heterocycles. The summed E-state index contributed by atoms with van der Waals surface area (Å²) >= 11 is 1.51. The van der Waals surface area contributed by atoms with Gasteiger partial charge in [0.15, 0.2) is 0 Å². The van der Waals surface area contributed by atoms with Gasteiger partial charge in [0.05, 0.1) is 29.1 Å². The van der Waals surface area contributed by atoms with Gasteiger partial charge >= 0.3 is 6.16 Å². The fraction of sp³-hybridized carbons (Fsp3) is 0.778. The third-order valence-corrected chi connectivity index (χ3v) is 7.31. The van der Waals surface area contributed by atoms with Crippen LogP contribution in [-0.4, -0.2) is 82.0 Å². The van der Waals surface area contributed by atoms with Crippen molar-refractivity contribution in [2.24, 2.45) is 11.8 Å². The lowest BCUT2D eigenvalue weighted by Gasteiger charge is -2.45. The van der Waals surface area contributed by atoms with Crippen molar-refractivity contribution in [2.75, 3.05) is 20.1 Å². The lowest BCUT2D eigenvalue weighted by atomic mass is 9.79. The molecule has 3 aliphatic rings. The highest BCUT2D eigenvalue weighted by Gasteiger charge is 2.60. The van der Waals surface area contributed by atoms with E-state index < -0.39 is 24.3 Å². The predicted octanol–water partition coefficient (Wildman–Crippen LogP) is 0.142. The second-order valence-electron chi connectivity index (χ2n) is 7.74. The third kappa shape index (κ3) is 3.88. The van der Waals surface area contributed by atoms with Crippen molar-refractivity contribution >= 4 is 23.8 Å². The molecule has 9 nitrogen and oxygen atoms in total. The predicted molar refractivity (Wildman–Crippen MR) is 103 cm³/mol. The van der Waals surface area contributed by atoms with E-state index in [-0.39, 0.29) is 35.0 Å². The van der Waals surface area contributed by atoms with Gasteiger partial charge < -0.3 is 30.7 Å². The van der Waals surface area contributed by atoms with E-state index in [1.165, 1.54) is 16.7 Å². The lowest BCUT2D eigenvalue weighted by Crippen LogP contribution is -2.63. The number of thioether (sulfide) groups is 1. The van der Waals surface area contributed by atoms with Crippen LogP contribution in [0.1, 0.15) is 26.7 Å². The Hall–Kier alpha value is -1.33. The van der Waals surface area contributed by atoms with Crippen LogP contribution in [0.25, 0.3) is 0 Å². The molecule has 0 aromatic heterocycles. The maximum Gasteiger partial charge on any atom is 0.512 e. The molecule has 2 saturated heterocycles. The Balaban J connectivity index is 1.72. The number of aliphatic hydroxyl groups is 2. The fourth-order valence-corrected chi connectivity index (χ4v) is 5.83. The molecule has 0 aromatic carbocycles. The number of fused-ring (bicyclic) bond motifs is 1. The summed E-state index contributed by atoms with van der Waals surface area (Å²) in [6.07, 6.45) is -1.32. The molecule has 5 N–H and O–H groups in total. The molecule has 0 spiro atoms. The summed E-state index contributed by atoms with van der Waals surface area (Å²) in [7, 11) is 1.84. The topological polar surface area (TPSA) is 131 Å². The molecule has 1 amide bonds. The number of aliphatic hydroxyl groups excluding tert-OH is 2. The summed E-state index contributed by atoms with van der Waals surface area (Å²) in [5.74, 6) is -0.886. The van der Waals surface area contributed by atoms with Gasteiger partial charge in [0.25, 0.3) is 0 Å². The van der Waals surface area contributed by atoms with Crippen LogP contribution < -0.4 is 10.6 Å². The highest BCUT2D eigenvalue weighted by molar-refractivity contribution is 8.03. The van der Waals surface area contributed by atoms with Crippen molar-refractivity contribution in [1.29, 1.82) is 0 Å². The highest BCUT2D eigenvalue weighted by Crippen LogP contribution is 2.52. The van der Waals surface area contributed by atoms with Crippen LogP contribution in [0.15, 0.2) is 10.8 Å². The fourth-order valence-electron chi connectivity index (χ4n) is 4.39. The molecule has 158 valence electrons. The van der Waals surface area contributed by atoms with Crippen LogP contribution >= 0.6 is 11.8 Å². The van der Waals surface area contributed by atoms with E-state index in [0.29, 0.717) is 13.0 Å². The average Bonchev–Trinajstić information content (AvgIpc) is 3.16. The van der Waals surface area contributed by atoms with E-state index >= 15 is 0 Å². The molecule has 28 heavy (non-hydrogen) atoms. The molecule has 0 aliphatic carbocycles. The van der Waals surface area contributed by atoms with Crippen molar-refractivity contribution < 1.29 is 29.6 Å². The zero-order valence-corrected chi connectivity index (χ0v) is 17.1. The summed E-state index contributed by atoms with van der Waals surface area (Å²) in [6, 6.07) is -0.299. The SMILES string of the molecule is CNCC[C@@H](O)[C@@H]1C[C@H](SC2=C(OC(=O)O)N3C(=O)[C@H]([C@@H](C)O)[C@H]3[C@H]2C)CN1. The molecular weight excluding hydrogens is 386 g/mol. The smallest absolute Gasteiger partial charge is 0.449 e. The number of amides is 1. The molecule has 2 fully saturated rings. The van der Waals surface area contributed by atoms with Crippen LogP contribution in [0.4, 0.5) is 4.79 Å². The van der Waals surface area contributed by atoms with E-state index in [4.69, 9.17) is 9.84 Å². The van der Waals surface area contributed by atoms with Crippen molar-refractivity contribution in [2.45, 2.75) is 56.2 Å². The Morgan fingerprint density at radius 2 is 2.18 bits per heavy atom.